The molecule has 1 heterocycles. The van der Waals surface area contributed by atoms with Gasteiger partial charge in [-0.05, 0) is 6.42 Å². The first-order valence-electron chi connectivity index (χ1n) is 5.11. The molecular weight excluding hydrogens is 192 g/mol. The van der Waals surface area contributed by atoms with Crippen molar-refractivity contribution in [2.75, 3.05) is 19.6 Å². The van der Waals surface area contributed by atoms with Gasteiger partial charge < -0.3 is 15.3 Å². The first kappa shape index (κ1) is 11.9. The Morgan fingerprint density at radius 1 is 1.47 bits per heavy atom. The van der Waals surface area contributed by atoms with Crippen LogP contribution >= 0.6 is 0 Å². The van der Waals surface area contributed by atoms with Crippen molar-refractivity contribution in [3.63, 3.8) is 0 Å². The highest BCUT2D eigenvalue weighted by molar-refractivity contribution is 5.82. The van der Waals surface area contributed by atoms with Gasteiger partial charge in [-0.25, -0.2) is 0 Å². The molecule has 1 aliphatic heterocycles. The molecule has 1 saturated heterocycles. The fraction of sp³-hybridized carbons (Fsp3) is 0.545. The topological polar surface area (TPSA) is 52.6 Å². The summed E-state index contributed by atoms with van der Waals surface area (Å²) in [6, 6.07) is -0.264. The number of carbonyl (C=O) groups excluding carboxylic acids is 1. The molecule has 1 fully saturated rings. The van der Waals surface area contributed by atoms with E-state index in [1.165, 1.54) is 0 Å². The van der Waals surface area contributed by atoms with Gasteiger partial charge in [0.25, 0.3) is 0 Å². The molecule has 0 unspecified atom stereocenters. The zero-order valence-corrected chi connectivity index (χ0v) is 8.85. The lowest BCUT2D eigenvalue weighted by Gasteiger charge is -2.22. The number of hydrogen-bond donors (Lipinski definition) is 2. The molecule has 0 spiro atoms. The van der Waals surface area contributed by atoms with Gasteiger partial charge in [0.1, 0.15) is 0 Å². The summed E-state index contributed by atoms with van der Waals surface area (Å²) in [5.41, 5.74) is 0. The van der Waals surface area contributed by atoms with Gasteiger partial charge in [0.2, 0.25) is 5.91 Å². The molecule has 0 radical (unpaired) electrons. The fourth-order valence-electron chi connectivity index (χ4n) is 1.69. The monoisotopic (exact) mass is 210 g/mol. The lowest BCUT2D eigenvalue weighted by Crippen LogP contribution is -2.43. The van der Waals surface area contributed by atoms with Gasteiger partial charge in [-0.2, -0.15) is 0 Å². The number of nitrogens with zero attached hydrogens (tertiary/aromatic N) is 1. The average molecular weight is 210 g/mol. The van der Waals surface area contributed by atoms with Crippen LogP contribution in [-0.2, 0) is 4.79 Å². The Balaban J connectivity index is 2.54. The maximum absolute atomic E-state index is 11.9. The number of amides is 1. The smallest absolute Gasteiger partial charge is 0.240 e. The average Bonchev–Trinajstić information content (AvgIpc) is 2.63. The Kier molecular flexibility index (Phi) is 4.52. The van der Waals surface area contributed by atoms with Crippen LogP contribution in [0.25, 0.3) is 0 Å². The number of carbonyl (C=O) groups is 1. The van der Waals surface area contributed by atoms with E-state index >= 15 is 0 Å². The maximum atomic E-state index is 11.9. The summed E-state index contributed by atoms with van der Waals surface area (Å²) in [6.45, 7) is 8.74. The quantitative estimate of drug-likeness (QED) is 0.624. The van der Waals surface area contributed by atoms with Crippen LogP contribution in [-0.4, -0.2) is 47.7 Å². The Morgan fingerprint density at radius 3 is 2.47 bits per heavy atom. The van der Waals surface area contributed by atoms with Crippen molar-refractivity contribution in [1.82, 2.24) is 10.2 Å². The van der Waals surface area contributed by atoms with Crippen LogP contribution in [0.1, 0.15) is 6.42 Å². The van der Waals surface area contributed by atoms with E-state index in [1.807, 2.05) is 0 Å². The Hall–Kier alpha value is -1.13. The predicted molar refractivity (Wildman–Crippen MR) is 59.4 cm³/mol. The lowest BCUT2D eigenvalue weighted by molar-refractivity contribution is -0.132. The number of hydrogen-bond acceptors (Lipinski definition) is 3. The van der Waals surface area contributed by atoms with Crippen LogP contribution in [0.15, 0.2) is 25.3 Å². The lowest BCUT2D eigenvalue weighted by atomic mass is 10.2. The molecule has 1 aliphatic rings. The fourth-order valence-corrected chi connectivity index (χ4v) is 1.69. The summed E-state index contributed by atoms with van der Waals surface area (Å²) in [7, 11) is 0. The van der Waals surface area contributed by atoms with Gasteiger partial charge in [-0.3, -0.25) is 4.79 Å². The molecule has 0 aromatic rings. The predicted octanol–water partition coefficient (Wildman–Crippen LogP) is -0.0902. The van der Waals surface area contributed by atoms with Crippen molar-refractivity contribution >= 4 is 5.91 Å². The Bertz CT molecular complexity index is 243. The standard InChI is InChI=1S/C11H18N2O2/c1-3-5-13(6-4-2)11(15)10-7-9(14)8-12-10/h3-4,9-10,12,14H,1-2,5-8H2/t9-,10-/m1/s1. The molecule has 2 N–H and O–H groups in total. The summed E-state index contributed by atoms with van der Waals surface area (Å²) in [5, 5.41) is 12.3. The minimum Gasteiger partial charge on any atom is -0.392 e. The van der Waals surface area contributed by atoms with E-state index in [9.17, 15) is 9.90 Å². The first-order valence-corrected chi connectivity index (χ1v) is 5.11. The zero-order chi connectivity index (χ0) is 11.3. The van der Waals surface area contributed by atoms with E-state index in [0.717, 1.165) is 0 Å². The number of aliphatic hydroxyl groups excluding tert-OH is 1. The Morgan fingerprint density at radius 2 is 2.07 bits per heavy atom. The minimum absolute atomic E-state index is 0.00588. The SMILES string of the molecule is C=CCN(CC=C)C(=O)[C@H]1C[C@@H](O)CN1. The first-order chi connectivity index (χ1) is 7.19. The zero-order valence-electron chi connectivity index (χ0n) is 8.85. The number of β-amino-alcohol motifs (C(OH)–C–C–N with tert-alkyl or cyclic N) is 1. The van der Waals surface area contributed by atoms with E-state index in [1.54, 1.807) is 17.1 Å². The van der Waals surface area contributed by atoms with Crippen molar-refractivity contribution in [1.29, 1.82) is 0 Å². The van der Waals surface area contributed by atoms with Crippen LogP contribution in [0.5, 0.6) is 0 Å². The third-order valence-electron chi connectivity index (χ3n) is 2.42. The van der Waals surface area contributed by atoms with E-state index in [0.29, 0.717) is 26.1 Å². The third kappa shape index (κ3) is 3.18. The van der Waals surface area contributed by atoms with Crippen LogP contribution < -0.4 is 5.32 Å². The molecule has 0 saturated carbocycles. The molecular formula is C11H18N2O2. The van der Waals surface area contributed by atoms with Gasteiger partial charge >= 0.3 is 0 Å². The summed E-state index contributed by atoms with van der Waals surface area (Å²) in [4.78, 5) is 13.6. The van der Waals surface area contributed by atoms with Crippen LogP contribution in [0.4, 0.5) is 0 Å². The van der Waals surface area contributed by atoms with Gasteiger partial charge in [-0.1, -0.05) is 12.2 Å². The second-order valence-electron chi connectivity index (χ2n) is 3.67. The summed E-state index contributed by atoms with van der Waals surface area (Å²) < 4.78 is 0. The molecule has 0 aliphatic carbocycles. The highest BCUT2D eigenvalue weighted by Gasteiger charge is 2.30. The van der Waals surface area contributed by atoms with Gasteiger partial charge in [0.15, 0.2) is 0 Å². The van der Waals surface area contributed by atoms with Gasteiger partial charge in [0, 0.05) is 19.6 Å². The summed E-state index contributed by atoms with van der Waals surface area (Å²) >= 11 is 0. The summed E-state index contributed by atoms with van der Waals surface area (Å²) in [6.07, 6.45) is 3.46. The number of rotatable bonds is 5. The molecule has 84 valence electrons. The highest BCUT2D eigenvalue weighted by atomic mass is 16.3. The van der Waals surface area contributed by atoms with Crippen LogP contribution in [0.3, 0.4) is 0 Å². The van der Waals surface area contributed by atoms with Crippen molar-refractivity contribution in [2.45, 2.75) is 18.6 Å². The molecule has 0 bridgehead atoms. The van der Waals surface area contributed by atoms with E-state index in [2.05, 4.69) is 18.5 Å². The van der Waals surface area contributed by atoms with E-state index in [4.69, 9.17) is 0 Å². The minimum atomic E-state index is -0.409. The molecule has 1 rings (SSSR count). The second kappa shape index (κ2) is 5.68. The molecule has 2 atom stereocenters. The van der Waals surface area contributed by atoms with Crippen molar-refractivity contribution in [3.05, 3.63) is 25.3 Å². The van der Waals surface area contributed by atoms with Crippen molar-refractivity contribution in [2.24, 2.45) is 0 Å². The van der Waals surface area contributed by atoms with Crippen molar-refractivity contribution < 1.29 is 9.90 Å². The maximum Gasteiger partial charge on any atom is 0.240 e. The normalized spacial score (nSPS) is 24.9. The third-order valence-corrected chi connectivity index (χ3v) is 2.42. The number of nitrogens with one attached hydrogen (secondary N) is 1. The van der Waals surface area contributed by atoms with Crippen LogP contribution in [0.2, 0.25) is 0 Å². The molecule has 0 aromatic heterocycles. The Labute approximate surface area is 90.3 Å². The second-order valence-corrected chi connectivity index (χ2v) is 3.67. The molecule has 0 aromatic carbocycles. The molecule has 4 nitrogen and oxygen atoms in total. The van der Waals surface area contributed by atoms with E-state index in [-0.39, 0.29) is 11.9 Å². The van der Waals surface area contributed by atoms with Gasteiger partial charge in [0.05, 0.1) is 12.1 Å². The molecule has 15 heavy (non-hydrogen) atoms. The molecule has 1 amide bonds. The van der Waals surface area contributed by atoms with Crippen molar-refractivity contribution in [3.8, 4) is 0 Å². The van der Waals surface area contributed by atoms with Gasteiger partial charge in [-0.15, -0.1) is 13.2 Å². The van der Waals surface area contributed by atoms with Crippen LogP contribution in [0, 0.1) is 0 Å². The highest BCUT2D eigenvalue weighted by Crippen LogP contribution is 2.09. The summed E-state index contributed by atoms with van der Waals surface area (Å²) in [5.74, 6) is 0.00588. The number of aliphatic hydroxyl groups is 1. The molecule has 4 heteroatoms. The van der Waals surface area contributed by atoms with E-state index < -0.39 is 6.10 Å². The largest absolute Gasteiger partial charge is 0.392 e.